The second-order valence-corrected chi connectivity index (χ2v) is 6.83. The molecular weight excluding hydrogens is 336 g/mol. The van der Waals surface area contributed by atoms with Crippen molar-refractivity contribution in [2.75, 3.05) is 10.6 Å². The zero-order valence-electron chi connectivity index (χ0n) is 14.5. The van der Waals surface area contributed by atoms with Crippen molar-refractivity contribution in [1.29, 1.82) is 0 Å². The van der Waals surface area contributed by atoms with Crippen molar-refractivity contribution in [2.45, 2.75) is 32.2 Å². The third-order valence-corrected chi connectivity index (χ3v) is 4.30. The highest BCUT2D eigenvalue weighted by Gasteiger charge is 2.30. The van der Waals surface area contributed by atoms with Crippen LogP contribution in [0.2, 0.25) is 0 Å². The van der Waals surface area contributed by atoms with Gasteiger partial charge in [0.2, 0.25) is 5.91 Å². The van der Waals surface area contributed by atoms with E-state index in [0.29, 0.717) is 16.9 Å². The van der Waals surface area contributed by atoms with Crippen molar-refractivity contribution >= 4 is 29.2 Å². The number of anilines is 2. The van der Waals surface area contributed by atoms with Crippen LogP contribution >= 0.6 is 0 Å². The molecule has 0 atom stereocenters. The van der Waals surface area contributed by atoms with Crippen LogP contribution in [0.4, 0.5) is 11.4 Å². The van der Waals surface area contributed by atoms with Crippen LogP contribution in [0.25, 0.3) is 0 Å². The van der Waals surface area contributed by atoms with E-state index in [1.165, 1.54) is 30.9 Å². The van der Waals surface area contributed by atoms with Crippen LogP contribution in [0.3, 0.4) is 0 Å². The predicted octanol–water partition coefficient (Wildman–Crippen LogP) is 2.30. The first-order valence-electron chi connectivity index (χ1n) is 8.28. The van der Waals surface area contributed by atoms with Gasteiger partial charge in [-0.1, -0.05) is 0 Å². The van der Waals surface area contributed by atoms with Gasteiger partial charge in [-0.05, 0) is 51.0 Å². The lowest BCUT2D eigenvalue weighted by molar-refractivity contribution is -0.146. The van der Waals surface area contributed by atoms with Gasteiger partial charge in [0.1, 0.15) is 0 Å². The Morgan fingerprint density at radius 3 is 2.35 bits per heavy atom. The maximum absolute atomic E-state index is 12.3. The molecule has 0 unspecified atom stereocenters. The summed E-state index contributed by atoms with van der Waals surface area (Å²) in [4.78, 5) is 35.3. The number of carbonyl (C=O) groups excluding carboxylic acids is 2. The van der Waals surface area contributed by atoms with Crippen LogP contribution in [-0.2, 0) is 15.1 Å². The van der Waals surface area contributed by atoms with Gasteiger partial charge in [0.15, 0.2) is 5.54 Å². The highest BCUT2D eigenvalue weighted by molar-refractivity contribution is 6.04. The molecule has 8 heteroatoms. The lowest BCUT2D eigenvalue weighted by atomic mass is 10.1. The molecule has 0 saturated heterocycles. The van der Waals surface area contributed by atoms with E-state index in [1.807, 2.05) is 0 Å². The lowest BCUT2D eigenvalue weighted by Crippen LogP contribution is -2.35. The number of hydrogen-bond acceptors (Lipinski definition) is 4. The number of nitrogens with one attached hydrogen (secondary N) is 2. The molecule has 0 spiro atoms. The maximum atomic E-state index is 12.3. The first kappa shape index (κ1) is 17.7. The number of hydrogen-bond donors (Lipinski definition) is 3. The number of carboxylic acids is 1. The Morgan fingerprint density at radius 1 is 1.12 bits per heavy atom. The van der Waals surface area contributed by atoms with Crippen molar-refractivity contribution in [3.8, 4) is 0 Å². The highest BCUT2D eigenvalue weighted by atomic mass is 16.4. The number of aromatic nitrogens is 2. The van der Waals surface area contributed by atoms with Crippen LogP contribution in [0.1, 0.15) is 37.0 Å². The van der Waals surface area contributed by atoms with Crippen molar-refractivity contribution in [3.05, 3.63) is 42.2 Å². The molecule has 1 aromatic carbocycles. The largest absolute Gasteiger partial charge is 0.479 e. The van der Waals surface area contributed by atoms with E-state index in [0.717, 1.165) is 12.8 Å². The van der Waals surface area contributed by atoms with E-state index < -0.39 is 11.5 Å². The van der Waals surface area contributed by atoms with Gasteiger partial charge in [0.25, 0.3) is 5.91 Å². The van der Waals surface area contributed by atoms with Gasteiger partial charge >= 0.3 is 5.97 Å². The van der Waals surface area contributed by atoms with Gasteiger partial charge in [-0.2, -0.15) is 5.10 Å². The lowest BCUT2D eigenvalue weighted by Gasteiger charge is -2.19. The fourth-order valence-corrected chi connectivity index (χ4v) is 2.29. The molecule has 1 aliphatic carbocycles. The summed E-state index contributed by atoms with van der Waals surface area (Å²) in [6.45, 7) is 3.03. The molecule has 3 rings (SSSR count). The molecule has 2 aromatic rings. The molecule has 1 fully saturated rings. The predicted molar refractivity (Wildman–Crippen MR) is 94.9 cm³/mol. The molecule has 1 saturated carbocycles. The molecule has 26 heavy (non-hydrogen) atoms. The smallest absolute Gasteiger partial charge is 0.331 e. The quantitative estimate of drug-likeness (QED) is 0.735. The van der Waals surface area contributed by atoms with E-state index in [4.69, 9.17) is 0 Å². The number of nitrogens with zero attached hydrogens (tertiary/aromatic N) is 2. The number of carboxylic acid groups (broad SMARTS) is 1. The van der Waals surface area contributed by atoms with E-state index in [-0.39, 0.29) is 17.7 Å². The number of amides is 2. The second-order valence-electron chi connectivity index (χ2n) is 6.83. The summed E-state index contributed by atoms with van der Waals surface area (Å²) in [7, 11) is 0. The fourth-order valence-electron chi connectivity index (χ4n) is 2.29. The van der Waals surface area contributed by atoms with Crippen LogP contribution < -0.4 is 10.6 Å². The third kappa shape index (κ3) is 3.74. The number of aliphatic carboxylic acids is 1. The molecule has 0 radical (unpaired) electrons. The number of rotatable bonds is 6. The van der Waals surface area contributed by atoms with E-state index >= 15 is 0 Å². The van der Waals surface area contributed by atoms with Crippen molar-refractivity contribution in [1.82, 2.24) is 9.78 Å². The van der Waals surface area contributed by atoms with Gasteiger partial charge in [0.05, 0.1) is 11.9 Å². The molecular formula is C18H20N4O4. The molecule has 3 N–H and O–H groups in total. The molecule has 1 aromatic heterocycles. The summed E-state index contributed by atoms with van der Waals surface area (Å²) in [5, 5.41) is 18.7. The van der Waals surface area contributed by atoms with Crippen LogP contribution in [-0.4, -0.2) is 32.7 Å². The van der Waals surface area contributed by atoms with Gasteiger partial charge in [-0.25, -0.2) is 4.79 Å². The zero-order chi connectivity index (χ0) is 18.9. The minimum atomic E-state index is -1.22. The number of carbonyl (C=O) groups is 3. The summed E-state index contributed by atoms with van der Waals surface area (Å²) in [6.07, 6.45) is 4.72. The van der Waals surface area contributed by atoms with E-state index in [1.54, 1.807) is 24.3 Å². The normalized spacial score (nSPS) is 13.9. The molecule has 8 nitrogen and oxygen atoms in total. The Morgan fingerprint density at radius 2 is 1.77 bits per heavy atom. The topological polar surface area (TPSA) is 113 Å². The van der Waals surface area contributed by atoms with Gasteiger partial charge < -0.3 is 15.7 Å². The van der Waals surface area contributed by atoms with Crippen LogP contribution in [0.5, 0.6) is 0 Å². The summed E-state index contributed by atoms with van der Waals surface area (Å²) in [5.74, 6) is -1.25. The molecule has 136 valence electrons. The Labute approximate surface area is 150 Å². The third-order valence-electron chi connectivity index (χ3n) is 4.30. The van der Waals surface area contributed by atoms with Crippen molar-refractivity contribution in [3.63, 3.8) is 0 Å². The molecule has 1 aliphatic rings. The van der Waals surface area contributed by atoms with Gasteiger partial charge in [-0.3, -0.25) is 14.3 Å². The number of benzene rings is 1. The standard InChI is InChI=1S/C18H20N4O4/c1-18(2,17(25)26)22-10-14(9-19-22)21-16(24)12-5-7-13(8-6-12)20-15(23)11-3-4-11/h5-11H,3-4H2,1-2H3,(H,20,23)(H,21,24)(H,25,26). The fraction of sp³-hybridized carbons (Fsp3) is 0.333. The van der Waals surface area contributed by atoms with Crippen molar-refractivity contribution in [2.24, 2.45) is 5.92 Å². The first-order valence-corrected chi connectivity index (χ1v) is 8.28. The molecule has 2 amide bonds. The SMILES string of the molecule is CC(C)(C(=O)O)n1cc(NC(=O)c2ccc(NC(=O)C3CC3)cc2)cn1. The summed E-state index contributed by atoms with van der Waals surface area (Å²) >= 11 is 0. The minimum absolute atomic E-state index is 0.00987. The molecule has 0 aliphatic heterocycles. The molecule has 1 heterocycles. The minimum Gasteiger partial charge on any atom is -0.479 e. The first-order chi connectivity index (χ1) is 12.3. The van der Waals surface area contributed by atoms with Crippen molar-refractivity contribution < 1.29 is 19.5 Å². The summed E-state index contributed by atoms with van der Waals surface area (Å²) in [6, 6.07) is 6.57. The second kappa shape index (κ2) is 6.62. The zero-order valence-corrected chi connectivity index (χ0v) is 14.5. The molecule has 0 bridgehead atoms. The Kier molecular flexibility index (Phi) is 4.50. The van der Waals surface area contributed by atoms with E-state index in [9.17, 15) is 19.5 Å². The monoisotopic (exact) mass is 356 g/mol. The summed E-state index contributed by atoms with van der Waals surface area (Å²) < 4.78 is 1.28. The maximum Gasteiger partial charge on any atom is 0.331 e. The average molecular weight is 356 g/mol. The van der Waals surface area contributed by atoms with Crippen LogP contribution in [0, 0.1) is 5.92 Å². The summed E-state index contributed by atoms with van der Waals surface area (Å²) in [5.41, 5.74) is 0.245. The average Bonchev–Trinajstić information content (AvgIpc) is 3.34. The Hall–Kier alpha value is -3.16. The van der Waals surface area contributed by atoms with E-state index in [2.05, 4.69) is 15.7 Å². The van der Waals surface area contributed by atoms with Crippen LogP contribution in [0.15, 0.2) is 36.7 Å². The van der Waals surface area contributed by atoms with Gasteiger partial charge in [0, 0.05) is 23.4 Å². The Balaban J connectivity index is 1.64. The Bertz CT molecular complexity index is 850. The highest BCUT2D eigenvalue weighted by Crippen LogP contribution is 2.30. The van der Waals surface area contributed by atoms with Gasteiger partial charge in [-0.15, -0.1) is 0 Å².